The number of nitrogens with zero attached hydrogens (tertiary/aromatic N) is 1. The Balaban J connectivity index is 2.74. The molecule has 7 heteroatoms. The quantitative estimate of drug-likeness (QED) is 0.614. The molecule has 1 rings (SSSR count). The normalized spacial score (nSPS) is 14.5. The smallest absolute Gasteiger partial charge is 0.357 e. The number of ether oxygens (including phenoxy) is 1. The van der Waals surface area contributed by atoms with Crippen molar-refractivity contribution in [2.24, 2.45) is 5.73 Å². The van der Waals surface area contributed by atoms with Gasteiger partial charge in [0.1, 0.15) is 11.1 Å². The van der Waals surface area contributed by atoms with E-state index in [1.54, 1.807) is 6.92 Å². The second-order valence-electron chi connectivity index (χ2n) is 3.04. The van der Waals surface area contributed by atoms with Crippen LogP contribution in [0.4, 0.5) is 0 Å². The molecule has 0 spiro atoms. The van der Waals surface area contributed by atoms with E-state index in [0.29, 0.717) is 0 Å². The molecule has 0 aliphatic carbocycles. The van der Waals surface area contributed by atoms with Crippen LogP contribution in [0.2, 0.25) is 0 Å². The first-order valence-electron chi connectivity index (χ1n) is 4.78. The summed E-state index contributed by atoms with van der Waals surface area (Å²) in [5.41, 5.74) is 5.33. The van der Waals surface area contributed by atoms with Crippen molar-refractivity contribution in [2.75, 3.05) is 13.2 Å². The summed E-state index contributed by atoms with van der Waals surface area (Å²) in [5.74, 6) is -0.542. The molecular formula is C9H14N2O4S. The zero-order valence-corrected chi connectivity index (χ0v) is 9.61. The van der Waals surface area contributed by atoms with Crippen LogP contribution in [0.1, 0.15) is 28.5 Å². The predicted molar refractivity (Wildman–Crippen MR) is 58.1 cm³/mol. The fourth-order valence-corrected chi connectivity index (χ4v) is 1.84. The molecule has 0 radical (unpaired) electrons. The summed E-state index contributed by atoms with van der Waals surface area (Å²) < 4.78 is 4.74. The Labute approximate surface area is 96.7 Å². The van der Waals surface area contributed by atoms with Crippen molar-refractivity contribution in [3.63, 3.8) is 0 Å². The third-order valence-electron chi connectivity index (χ3n) is 1.87. The summed E-state index contributed by atoms with van der Waals surface area (Å²) in [6.07, 6.45) is -2.25. The second-order valence-corrected chi connectivity index (χ2v) is 3.93. The lowest BCUT2D eigenvalue weighted by Gasteiger charge is -2.12. The maximum Gasteiger partial charge on any atom is 0.357 e. The predicted octanol–water partition coefficient (Wildman–Crippen LogP) is -0.327. The van der Waals surface area contributed by atoms with Gasteiger partial charge in [0.25, 0.3) is 0 Å². The van der Waals surface area contributed by atoms with E-state index >= 15 is 0 Å². The minimum absolute atomic E-state index is 0.0739. The first-order chi connectivity index (χ1) is 7.60. The lowest BCUT2D eigenvalue weighted by Crippen LogP contribution is -2.27. The Bertz CT molecular complexity index is 355. The van der Waals surface area contributed by atoms with Gasteiger partial charge in [-0.1, -0.05) is 0 Å². The van der Waals surface area contributed by atoms with Crippen LogP contribution in [0.15, 0.2) is 5.38 Å². The summed E-state index contributed by atoms with van der Waals surface area (Å²) in [7, 11) is 0. The van der Waals surface area contributed by atoms with Gasteiger partial charge in [-0.15, -0.1) is 11.3 Å². The van der Waals surface area contributed by atoms with E-state index in [0.717, 1.165) is 11.3 Å². The maximum atomic E-state index is 11.3. The fraction of sp³-hybridized carbons (Fsp3) is 0.556. The molecule has 90 valence electrons. The first-order valence-corrected chi connectivity index (χ1v) is 5.66. The van der Waals surface area contributed by atoms with Gasteiger partial charge in [-0.25, -0.2) is 9.78 Å². The standard InChI is InChI=1S/C9H14N2O4S/c1-2-15-9(14)5-4-16-8(11-5)7(13)6(12)3-10/h4,6-7,12-13H,2-3,10H2,1H3. The van der Waals surface area contributed by atoms with E-state index in [9.17, 15) is 15.0 Å². The molecule has 2 atom stereocenters. The lowest BCUT2D eigenvalue weighted by molar-refractivity contribution is 0.0239. The van der Waals surface area contributed by atoms with Crippen LogP contribution < -0.4 is 5.73 Å². The van der Waals surface area contributed by atoms with Crippen LogP contribution in [0.5, 0.6) is 0 Å². The monoisotopic (exact) mass is 246 g/mol. The topological polar surface area (TPSA) is 106 Å². The number of nitrogens with two attached hydrogens (primary N) is 1. The van der Waals surface area contributed by atoms with Crippen molar-refractivity contribution < 1.29 is 19.7 Å². The van der Waals surface area contributed by atoms with Crippen LogP contribution in [0.3, 0.4) is 0 Å². The van der Waals surface area contributed by atoms with Crippen molar-refractivity contribution in [1.82, 2.24) is 4.98 Å². The number of carbonyl (C=O) groups excluding carboxylic acids is 1. The number of hydrogen-bond donors (Lipinski definition) is 3. The minimum Gasteiger partial charge on any atom is -0.461 e. The van der Waals surface area contributed by atoms with Gasteiger partial charge in [0.05, 0.1) is 12.7 Å². The van der Waals surface area contributed by atoms with Gasteiger partial charge in [0.15, 0.2) is 5.69 Å². The van der Waals surface area contributed by atoms with Crippen molar-refractivity contribution in [2.45, 2.75) is 19.1 Å². The SMILES string of the molecule is CCOC(=O)c1csc(C(O)C(O)CN)n1. The Hall–Kier alpha value is -1.02. The third kappa shape index (κ3) is 2.99. The number of aliphatic hydroxyl groups is 2. The molecule has 1 heterocycles. The van der Waals surface area contributed by atoms with Gasteiger partial charge < -0.3 is 20.7 Å². The zero-order chi connectivity index (χ0) is 12.1. The molecule has 6 nitrogen and oxygen atoms in total. The fourth-order valence-electron chi connectivity index (χ4n) is 1.02. The molecule has 16 heavy (non-hydrogen) atoms. The second kappa shape index (κ2) is 5.90. The largest absolute Gasteiger partial charge is 0.461 e. The number of aromatic nitrogens is 1. The first kappa shape index (κ1) is 13.0. The molecule has 0 aliphatic rings. The summed E-state index contributed by atoms with van der Waals surface area (Å²) in [4.78, 5) is 15.1. The summed E-state index contributed by atoms with van der Waals surface area (Å²) in [5, 5.41) is 20.6. The summed E-state index contributed by atoms with van der Waals surface area (Å²) in [6, 6.07) is 0. The molecule has 2 unspecified atom stereocenters. The average Bonchev–Trinajstić information content (AvgIpc) is 2.76. The molecule has 4 N–H and O–H groups in total. The van der Waals surface area contributed by atoms with Crippen LogP contribution >= 0.6 is 11.3 Å². The van der Waals surface area contributed by atoms with E-state index in [2.05, 4.69) is 4.98 Å². The minimum atomic E-state index is -1.17. The van der Waals surface area contributed by atoms with E-state index < -0.39 is 18.2 Å². The number of thiazole rings is 1. The van der Waals surface area contributed by atoms with Crippen molar-refractivity contribution >= 4 is 17.3 Å². The van der Waals surface area contributed by atoms with Crippen molar-refractivity contribution in [3.05, 3.63) is 16.1 Å². The number of hydrogen-bond acceptors (Lipinski definition) is 7. The number of carbonyl (C=O) groups is 1. The van der Waals surface area contributed by atoms with Gasteiger partial charge >= 0.3 is 5.97 Å². The molecule has 0 aliphatic heterocycles. The Morgan fingerprint density at radius 3 is 2.94 bits per heavy atom. The third-order valence-corrected chi connectivity index (χ3v) is 2.78. The Morgan fingerprint density at radius 1 is 1.69 bits per heavy atom. The molecule has 0 amide bonds. The van der Waals surface area contributed by atoms with Crippen LogP contribution in [0.25, 0.3) is 0 Å². The molecule has 0 bridgehead atoms. The highest BCUT2D eigenvalue weighted by Gasteiger charge is 2.22. The van der Waals surface area contributed by atoms with Crippen molar-refractivity contribution in [1.29, 1.82) is 0 Å². The van der Waals surface area contributed by atoms with Crippen molar-refractivity contribution in [3.8, 4) is 0 Å². The van der Waals surface area contributed by atoms with Crippen LogP contribution in [-0.2, 0) is 4.74 Å². The summed E-state index contributed by atoms with van der Waals surface area (Å²) in [6.45, 7) is 1.88. The Kier molecular flexibility index (Phi) is 4.81. The zero-order valence-electron chi connectivity index (χ0n) is 8.79. The van der Waals surface area contributed by atoms with Gasteiger partial charge in [-0.3, -0.25) is 0 Å². The van der Waals surface area contributed by atoms with Gasteiger partial charge in [-0.05, 0) is 6.92 Å². The molecule has 1 aromatic rings. The maximum absolute atomic E-state index is 11.3. The molecule has 0 aromatic carbocycles. The highest BCUT2D eigenvalue weighted by Crippen LogP contribution is 2.21. The number of aliphatic hydroxyl groups excluding tert-OH is 2. The van der Waals surface area contributed by atoms with Gasteiger partial charge in [0.2, 0.25) is 0 Å². The molecule has 0 fully saturated rings. The molecule has 0 saturated heterocycles. The van der Waals surface area contributed by atoms with Crippen LogP contribution in [-0.4, -0.2) is 40.4 Å². The van der Waals surface area contributed by atoms with Crippen LogP contribution in [0, 0.1) is 0 Å². The van der Waals surface area contributed by atoms with E-state index in [1.807, 2.05) is 0 Å². The lowest BCUT2D eigenvalue weighted by atomic mass is 10.2. The van der Waals surface area contributed by atoms with Gasteiger partial charge in [-0.2, -0.15) is 0 Å². The average molecular weight is 246 g/mol. The van der Waals surface area contributed by atoms with Gasteiger partial charge in [0, 0.05) is 11.9 Å². The number of rotatable bonds is 5. The Morgan fingerprint density at radius 2 is 2.38 bits per heavy atom. The molecule has 1 aromatic heterocycles. The highest BCUT2D eigenvalue weighted by atomic mass is 32.1. The van der Waals surface area contributed by atoms with E-state index in [-0.39, 0.29) is 23.9 Å². The van der Waals surface area contributed by atoms with E-state index in [1.165, 1.54) is 5.38 Å². The summed E-state index contributed by atoms with van der Waals surface area (Å²) >= 11 is 1.08. The molecule has 0 saturated carbocycles. The molecular weight excluding hydrogens is 232 g/mol. The van der Waals surface area contributed by atoms with E-state index in [4.69, 9.17) is 10.5 Å². The number of esters is 1. The highest BCUT2D eigenvalue weighted by molar-refractivity contribution is 7.09.